The molecule has 3 atom stereocenters. The van der Waals surface area contributed by atoms with Crippen LogP contribution in [-0.4, -0.2) is 6.18 Å². The molecule has 0 radical (unpaired) electrons. The Hall–Kier alpha value is -1.07. The Morgan fingerprint density at radius 3 is 2.38 bits per heavy atom. The zero-order valence-electron chi connectivity index (χ0n) is 12.5. The van der Waals surface area contributed by atoms with Crippen molar-refractivity contribution in [3.63, 3.8) is 0 Å². The van der Waals surface area contributed by atoms with Gasteiger partial charge in [-0.3, -0.25) is 11.3 Å². The standard InChI is InChI=1S/C16H23F3N2/c1-10-7-8-12(9-11(10)2)15(21-20)13-5-3-4-6-14(13)16(17,18)19/h7-9,13-15,21H,3-6,20H2,1-2H3. The molecule has 3 N–H and O–H groups in total. The number of alkyl halides is 3. The second kappa shape index (κ2) is 6.36. The molecule has 1 saturated carbocycles. The van der Waals surface area contributed by atoms with E-state index in [1.807, 2.05) is 32.0 Å². The molecule has 1 aliphatic rings. The first-order valence-electron chi connectivity index (χ1n) is 7.44. The Bertz CT molecular complexity index is 485. The van der Waals surface area contributed by atoms with Crippen molar-refractivity contribution in [1.82, 2.24) is 5.43 Å². The predicted octanol–water partition coefficient (Wildman–Crippen LogP) is 4.18. The van der Waals surface area contributed by atoms with E-state index >= 15 is 0 Å². The van der Waals surface area contributed by atoms with Crippen molar-refractivity contribution in [2.24, 2.45) is 17.7 Å². The summed E-state index contributed by atoms with van der Waals surface area (Å²) >= 11 is 0. The highest BCUT2D eigenvalue weighted by Crippen LogP contribution is 2.46. The first kappa shape index (κ1) is 16.3. The van der Waals surface area contributed by atoms with Gasteiger partial charge in [-0.25, -0.2) is 0 Å². The Kier molecular flexibility index (Phi) is 4.94. The van der Waals surface area contributed by atoms with Crippen LogP contribution in [0.4, 0.5) is 13.2 Å². The van der Waals surface area contributed by atoms with Gasteiger partial charge in [-0.05, 0) is 49.3 Å². The van der Waals surface area contributed by atoms with Crippen LogP contribution >= 0.6 is 0 Å². The maximum absolute atomic E-state index is 13.3. The third kappa shape index (κ3) is 3.58. The van der Waals surface area contributed by atoms with E-state index in [9.17, 15) is 13.2 Å². The number of aryl methyl sites for hydroxylation is 2. The minimum absolute atomic E-state index is 0.206. The molecular weight excluding hydrogens is 277 g/mol. The summed E-state index contributed by atoms with van der Waals surface area (Å²) in [6.45, 7) is 3.96. The van der Waals surface area contributed by atoms with E-state index in [4.69, 9.17) is 5.84 Å². The van der Waals surface area contributed by atoms with Crippen molar-refractivity contribution in [3.8, 4) is 0 Å². The summed E-state index contributed by atoms with van der Waals surface area (Å²) in [6.07, 6.45) is -1.91. The highest BCUT2D eigenvalue weighted by Gasteiger charge is 2.47. The lowest BCUT2D eigenvalue weighted by Gasteiger charge is -2.38. The van der Waals surface area contributed by atoms with Crippen LogP contribution < -0.4 is 11.3 Å². The third-order valence-corrected chi connectivity index (χ3v) is 4.74. The van der Waals surface area contributed by atoms with Gasteiger partial charge >= 0.3 is 6.18 Å². The molecule has 21 heavy (non-hydrogen) atoms. The Labute approximate surface area is 123 Å². The molecule has 0 spiro atoms. The normalized spacial score (nSPS) is 24.9. The number of hydrogen-bond donors (Lipinski definition) is 2. The fraction of sp³-hybridized carbons (Fsp3) is 0.625. The smallest absolute Gasteiger partial charge is 0.271 e. The van der Waals surface area contributed by atoms with Crippen molar-refractivity contribution in [2.45, 2.75) is 51.7 Å². The lowest BCUT2D eigenvalue weighted by molar-refractivity contribution is -0.199. The molecule has 1 fully saturated rings. The van der Waals surface area contributed by atoms with Crippen molar-refractivity contribution in [1.29, 1.82) is 0 Å². The van der Waals surface area contributed by atoms with Gasteiger partial charge in [0.1, 0.15) is 0 Å². The highest BCUT2D eigenvalue weighted by atomic mass is 19.4. The minimum Gasteiger partial charge on any atom is -0.271 e. The Morgan fingerprint density at radius 2 is 1.81 bits per heavy atom. The van der Waals surface area contributed by atoms with Gasteiger partial charge in [-0.2, -0.15) is 13.2 Å². The molecule has 1 aromatic carbocycles. The summed E-state index contributed by atoms with van der Waals surface area (Å²) < 4.78 is 39.8. The second-order valence-corrected chi connectivity index (χ2v) is 6.08. The van der Waals surface area contributed by atoms with E-state index in [-0.39, 0.29) is 6.42 Å². The van der Waals surface area contributed by atoms with Crippen molar-refractivity contribution >= 4 is 0 Å². The highest BCUT2D eigenvalue weighted by molar-refractivity contribution is 5.32. The van der Waals surface area contributed by atoms with E-state index in [1.54, 1.807) is 0 Å². The topological polar surface area (TPSA) is 38.0 Å². The van der Waals surface area contributed by atoms with Gasteiger partial charge in [0.15, 0.2) is 0 Å². The van der Waals surface area contributed by atoms with E-state index < -0.39 is 24.1 Å². The summed E-state index contributed by atoms with van der Waals surface area (Å²) in [5, 5.41) is 0. The number of hydrazine groups is 1. The number of rotatable bonds is 3. The molecule has 118 valence electrons. The van der Waals surface area contributed by atoms with Crippen LogP contribution in [-0.2, 0) is 0 Å². The van der Waals surface area contributed by atoms with Crippen LogP contribution in [0.15, 0.2) is 18.2 Å². The first-order chi connectivity index (χ1) is 9.84. The summed E-state index contributed by atoms with van der Waals surface area (Å²) in [7, 11) is 0. The summed E-state index contributed by atoms with van der Waals surface area (Å²) in [5.74, 6) is 3.85. The number of benzene rings is 1. The van der Waals surface area contributed by atoms with E-state index in [2.05, 4.69) is 5.43 Å². The van der Waals surface area contributed by atoms with Gasteiger partial charge in [-0.1, -0.05) is 31.0 Å². The fourth-order valence-electron chi connectivity index (χ4n) is 3.39. The average molecular weight is 300 g/mol. The van der Waals surface area contributed by atoms with Crippen LogP contribution in [0, 0.1) is 25.7 Å². The molecular formula is C16H23F3N2. The predicted molar refractivity (Wildman–Crippen MR) is 77.5 cm³/mol. The van der Waals surface area contributed by atoms with Crippen molar-refractivity contribution in [2.75, 3.05) is 0 Å². The van der Waals surface area contributed by atoms with Crippen LogP contribution in [0.3, 0.4) is 0 Å². The second-order valence-electron chi connectivity index (χ2n) is 6.08. The molecule has 2 nitrogen and oxygen atoms in total. The minimum atomic E-state index is -4.15. The summed E-state index contributed by atoms with van der Waals surface area (Å²) in [6, 6.07) is 5.33. The van der Waals surface area contributed by atoms with Crippen LogP contribution in [0.1, 0.15) is 48.4 Å². The quantitative estimate of drug-likeness (QED) is 0.649. The molecule has 0 bridgehead atoms. The molecule has 1 aromatic rings. The monoisotopic (exact) mass is 300 g/mol. The van der Waals surface area contributed by atoms with Crippen LogP contribution in [0.2, 0.25) is 0 Å². The van der Waals surface area contributed by atoms with Crippen LogP contribution in [0.25, 0.3) is 0 Å². The third-order valence-electron chi connectivity index (χ3n) is 4.74. The van der Waals surface area contributed by atoms with Gasteiger partial charge in [0.2, 0.25) is 0 Å². The maximum Gasteiger partial charge on any atom is 0.392 e. The van der Waals surface area contributed by atoms with Crippen molar-refractivity contribution in [3.05, 3.63) is 34.9 Å². The average Bonchev–Trinajstić information content (AvgIpc) is 2.43. The van der Waals surface area contributed by atoms with E-state index in [1.165, 1.54) is 0 Å². The lowest BCUT2D eigenvalue weighted by atomic mass is 9.73. The summed E-state index contributed by atoms with van der Waals surface area (Å²) in [4.78, 5) is 0. The molecule has 1 aliphatic carbocycles. The molecule has 2 rings (SSSR count). The largest absolute Gasteiger partial charge is 0.392 e. The van der Waals surface area contributed by atoms with Gasteiger partial charge in [-0.15, -0.1) is 0 Å². The van der Waals surface area contributed by atoms with E-state index in [0.29, 0.717) is 12.8 Å². The molecule has 3 unspecified atom stereocenters. The lowest BCUT2D eigenvalue weighted by Crippen LogP contribution is -2.43. The molecule has 0 amide bonds. The molecule has 5 heteroatoms. The Morgan fingerprint density at radius 1 is 1.14 bits per heavy atom. The van der Waals surface area contributed by atoms with Gasteiger partial charge in [0.25, 0.3) is 0 Å². The van der Waals surface area contributed by atoms with Crippen molar-refractivity contribution < 1.29 is 13.2 Å². The first-order valence-corrected chi connectivity index (χ1v) is 7.44. The zero-order valence-corrected chi connectivity index (χ0v) is 12.5. The number of nitrogens with two attached hydrogens (primary N) is 1. The maximum atomic E-state index is 13.3. The number of hydrogen-bond acceptors (Lipinski definition) is 2. The zero-order chi connectivity index (χ0) is 15.6. The number of nitrogens with one attached hydrogen (secondary N) is 1. The molecule has 0 aromatic heterocycles. The number of halogens is 3. The van der Waals surface area contributed by atoms with Crippen LogP contribution in [0.5, 0.6) is 0 Å². The van der Waals surface area contributed by atoms with Gasteiger partial charge in [0.05, 0.1) is 5.92 Å². The Balaban J connectivity index is 2.31. The molecule has 0 saturated heterocycles. The molecule has 0 aliphatic heterocycles. The SMILES string of the molecule is Cc1ccc(C(NN)C2CCCCC2C(F)(F)F)cc1C. The summed E-state index contributed by atoms with van der Waals surface area (Å²) in [5.41, 5.74) is 5.69. The van der Waals surface area contributed by atoms with Gasteiger partial charge in [0, 0.05) is 6.04 Å². The van der Waals surface area contributed by atoms with E-state index in [0.717, 1.165) is 23.1 Å². The fourth-order valence-corrected chi connectivity index (χ4v) is 3.39. The molecule has 0 heterocycles. The van der Waals surface area contributed by atoms with Gasteiger partial charge < -0.3 is 0 Å².